The van der Waals surface area contributed by atoms with Crippen molar-refractivity contribution in [1.29, 1.82) is 0 Å². The number of piperazine rings is 1. The number of carbonyl (C=O) groups excluding carboxylic acids is 1. The van der Waals surface area contributed by atoms with Gasteiger partial charge in [0.05, 0.1) is 29.3 Å². The highest BCUT2D eigenvalue weighted by molar-refractivity contribution is 7.85. The largest absolute Gasteiger partial charge is 0.507 e. The molecule has 4 rings (SSSR count). The van der Waals surface area contributed by atoms with Crippen molar-refractivity contribution in [3.8, 4) is 22.6 Å². The number of anilines is 1. The summed E-state index contributed by atoms with van der Waals surface area (Å²) >= 11 is 0. The van der Waals surface area contributed by atoms with Gasteiger partial charge in [0, 0.05) is 38.8 Å². The zero-order valence-electron chi connectivity index (χ0n) is 26.5. The summed E-state index contributed by atoms with van der Waals surface area (Å²) in [6, 6.07) is 19.3. The second-order valence-corrected chi connectivity index (χ2v) is 13.8. The number of hydrogen-bond donors (Lipinski definition) is 5. The lowest BCUT2D eigenvalue weighted by Gasteiger charge is -2.36. The van der Waals surface area contributed by atoms with Crippen molar-refractivity contribution >= 4 is 37.8 Å². The molecule has 0 aliphatic carbocycles. The topological polar surface area (TPSA) is 211 Å². The number of benzene rings is 3. The van der Waals surface area contributed by atoms with Gasteiger partial charge < -0.3 is 20.3 Å². The maximum Gasteiger partial charge on any atom is 0.337 e. The Morgan fingerprint density at radius 2 is 1.40 bits per heavy atom. The predicted molar refractivity (Wildman–Crippen MR) is 178 cm³/mol. The van der Waals surface area contributed by atoms with E-state index in [2.05, 4.69) is 29.0 Å². The van der Waals surface area contributed by atoms with Gasteiger partial charge in [0.25, 0.3) is 26.1 Å². The van der Waals surface area contributed by atoms with E-state index in [-0.39, 0.29) is 22.6 Å². The average molecular weight is 696 g/mol. The van der Waals surface area contributed by atoms with E-state index in [1.807, 2.05) is 30.3 Å². The van der Waals surface area contributed by atoms with Crippen molar-refractivity contribution in [3.05, 3.63) is 77.9 Å². The van der Waals surface area contributed by atoms with Crippen LogP contribution in [0.3, 0.4) is 0 Å². The number of nitrogens with one attached hydrogen (secondary N) is 1. The Hall–Kier alpha value is -4.06. The van der Waals surface area contributed by atoms with E-state index in [0.29, 0.717) is 30.9 Å². The van der Waals surface area contributed by atoms with Gasteiger partial charge in [-0.3, -0.25) is 23.7 Å². The van der Waals surface area contributed by atoms with Crippen LogP contribution in [0.2, 0.25) is 0 Å². The van der Waals surface area contributed by atoms with Crippen LogP contribution in [0.25, 0.3) is 11.1 Å². The Bertz CT molecular complexity index is 1660. The molecular formula is C31H41N3O11S2. The lowest BCUT2D eigenvalue weighted by Crippen LogP contribution is -2.49. The molecule has 0 spiro atoms. The molecule has 0 bridgehead atoms. The number of phenols is 1. The molecule has 1 amide bonds. The molecule has 1 saturated heterocycles. The molecule has 1 heterocycles. The van der Waals surface area contributed by atoms with Crippen LogP contribution in [0.4, 0.5) is 5.69 Å². The molecule has 0 unspecified atom stereocenters. The van der Waals surface area contributed by atoms with E-state index in [9.17, 15) is 36.6 Å². The van der Waals surface area contributed by atoms with E-state index in [4.69, 9.17) is 13.8 Å². The summed E-state index contributed by atoms with van der Waals surface area (Å²) in [5.41, 5.74) is 1.75. The van der Waals surface area contributed by atoms with Crippen molar-refractivity contribution < 1.29 is 50.5 Å². The predicted octanol–water partition coefficient (Wildman–Crippen LogP) is 3.42. The molecule has 0 atom stereocenters. The van der Waals surface area contributed by atoms with Crippen LogP contribution >= 0.6 is 0 Å². The monoisotopic (exact) mass is 695 g/mol. The first kappa shape index (κ1) is 39.1. The molecule has 0 saturated carbocycles. The summed E-state index contributed by atoms with van der Waals surface area (Å²) in [5.74, 6) is -1.54. The van der Waals surface area contributed by atoms with Crippen molar-refractivity contribution in [1.82, 2.24) is 9.80 Å². The highest BCUT2D eigenvalue weighted by Gasteiger charge is 2.20. The fraction of sp³-hybridized carbons (Fsp3) is 0.355. The van der Waals surface area contributed by atoms with Crippen LogP contribution in [0.5, 0.6) is 11.5 Å². The minimum absolute atomic E-state index is 0.00417. The number of carboxylic acid groups (broad SMARTS) is 1. The zero-order chi connectivity index (χ0) is 35.4. The van der Waals surface area contributed by atoms with E-state index < -0.39 is 32.1 Å². The minimum Gasteiger partial charge on any atom is -0.507 e. The molecule has 1 aliphatic rings. The molecule has 3 aromatic rings. The molecule has 0 radical (unpaired) electrons. The number of rotatable bonds is 9. The third-order valence-corrected chi connectivity index (χ3v) is 6.63. The normalized spacial score (nSPS) is 13.9. The third-order valence-electron chi connectivity index (χ3n) is 6.63. The summed E-state index contributed by atoms with van der Waals surface area (Å²) < 4.78 is 57.6. The summed E-state index contributed by atoms with van der Waals surface area (Å²) in [6.07, 6.45) is 1.43. The van der Waals surface area contributed by atoms with Crippen molar-refractivity contribution in [3.63, 3.8) is 0 Å². The van der Waals surface area contributed by atoms with Gasteiger partial charge in [-0.2, -0.15) is 16.8 Å². The number of carbonyl (C=O) groups is 2. The lowest BCUT2D eigenvalue weighted by atomic mass is 10.0. The van der Waals surface area contributed by atoms with Gasteiger partial charge in [0.2, 0.25) is 0 Å². The molecule has 3 aromatic carbocycles. The van der Waals surface area contributed by atoms with Crippen LogP contribution in [0.15, 0.2) is 66.7 Å². The number of aromatic carboxylic acids is 1. The van der Waals surface area contributed by atoms with Gasteiger partial charge in [0.1, 0.15) is 18.1 Å². The molecule has 258 valence electrons. The van der Waals surface area contributed by atoms with Crippen LogP contribution < -0.4 is 10.1 Å². The van der Waals surface area contributed by atoms with Crippen LogP contribution in [0.1, 0.15) is 34.6 Å². The molecular weight excluding hydrogens is 654 g/mol. The number of aromatic hydroxyl groups is 1. The number of carboxylic acids is 1. The molecule has 1 fully saturated rings. The third kappa shape index (κ3) is 15.4. The first-order chi connectivity index (χ1) is 21.8. The maximum atomic E-state index is 13.1. The molecule has 14 nitrogen and oxygen atoms in total. The maximum absolute atomic E-state index is 13.1. The quantitative estimate of drug-likeness (QED) is 0.203. The molecule has 5 N–H and O–H groups in total. The Morgan fingerprint density at radius 3 is 1.94 bits per heavy atom. The number of nitrogens with zero attached hydrogens (tertiary/aromatic N) is 2. The summed E-state index contributed by atoms with van der Waals surface area (Å²) in [7, 11) is -7.33. The molecule has 1 aliphatic heterocycles. The van der Waals surface area contributed by atoms with Crippen LogP contribution in [-0.4, -0.2) is 116 Å². The Labute approximate surface area is 275 Å². The summed E-state index contributed by atoms with van der Waals surface area (Å²) in [5, 5.41) is 22.6. The Balaban J connectivity index is 0.000000670. The molecule has 16 heteroatoms. The number of hydrogen-bond acceptors (Lipinski definition) is 10. The van der Waals surface area contributed by atoms with E-state index in [1.165, 1.54) is 18.2 Å². The lowest BCUT2D eigenvalue weighted by molar-refractivity contribution is 0.0698. The Morgan fingerprint density at radius 1 is 0.830 bits per heavy atom. The van der Waals surface area contributed by atoms with Crippen LogP contribution in [0, 0.1) is 0 Å². The van der Waals surface area contributed by atoms with E-state index in [1.54, 1.807) is 18.2 Å². The van der Waals surface area contributed by atoms with Crippen molar-refractivity contribution in [2.24, 2.45) is 0 Å². The second-order valence-electron chi connectivity index (χ2n) is 10.9. The van der Waals surface area contributed by atoms with Gasteiger partial charge in [-0.05, 0) is 55.3 Å². The summed E-state index contributed by atoms with van der Waals surface area (Å²) in [6.45, 7) is 9.67. The molecule has 47 heavy (non-hydrogen) atoms. The van der Waals surface area contributed by atoms with E-state index >= 15 is 0 Å². The van der Waals surface area contributed by atoms with E-state index in [0.717, 1.165) is 43.9 Å². The van der Waals surface area contributed by atoms with Crippen LogP contribution in [-0.2, 0) is 20.2 Å². The SMILES string of the molecule is CC(C)N1CCN(CCOc2ccc(O)c(C(=O)Nc3cc(-c4ccccc4)ccc3C(=O)O)c2)CC1.CS(=O)(=O)O.CS(=O)(=O)O. The van der Waals surface area contributed by atoms with Gasteiger partial charge in [-0.15, -0.1) is 0 Å². The second kappa shape index (κ2) is 17.7. The fourth-order valence-corrected chi connectivity index (χ4v) is 4.42. The van der Waals surface area contributed by atoms with Gasteiger partial charge in [-0.25, -0.2) is 4.79 Å². The first-order valence-electron chi connectivity index (χ1n) is 14.3. The van der Waals surface area contributed by atoms with Crippen molar-refractivity contribution in [2.45, 2.75) is 19.9 Å². The number of phenolic OH excluding ortho intramolecular Hbond substituents is 1. The van der Waals surface area contributed by atoms with Gasteiger partial charge in [-0.1, -0.05) is 36.4 Å². The van der Waals surface area contributed by atoms with Gasteiger partial charge in [0.15, 0.2) is 0 Å². The summed E-state index contributed by atoms with van der Waals surface area (Å²) in [4.78, 5) is 29.7. The molecule has 0 aromatic heterocycles. The Kier molecular flexibility index (Phi) is 14.8. The fourth-order valence-electron chi connectivity index (χ4n) is 4.42. The zero-order valence-corrected chi connectivity index (χ0v) is 28.2. The minimum atomic E-state index is -3.67. The number of ether oxygens (including phenoxy) is 1. The highest BCUT2D eigenvalue weighted by Crippen LogP contribution is 2.28. The van der Waals surface area contributed by atoms with Crippen molar-refractivity contribution in [2.75, 3.05) is 57.2 Å². The van der Waals surface area contributed by atoms with Gasteiger partial charge >= 0.3 is 5.97 Å². The average Bonchev–Trinajstić information content (AvgIpc) is 2.97. The smallest absolute Gasteiger partial charge is 0.337 e. The first-order valence-corrected chi connectivity index (χ1v) is 18.0. The highest BCUT2D eigenvalue weighted by atomic mass is 32.2. The standard InChI is InChI=1S/C29H33N3O5.2CH4O3S/c1-20(2)32-14-12-31(13-15-32)16-17-37-23-9-11-27(33)25(19-23)28(34)30-26-18-22(8-10-24(26)29(35)36)21-6-4-3-5-7-21;2*1-5(2,3)4/h3-11,18-20,33H,12-17H2,1-2H3,(H,30,34)(H,35,36);2*1H3,(H,2,3,4). The number of amides is 1.